The third kappa shape index (κ3) is 4.05. The van der Waals surface area contributed by atoms with Gasteiger partial charge in [0.05, 0.1) is 18.9 Å². The molecule has 112 valence electrons. The highest BCUT2D eigenvalue weighted by atomic mass is 16.5. The summed E-state index contributed by atoms with van der Waals surface area (Å²) in [6, 6.07) is 13.0. The first-order valence-electron chi connectivity index (χ1n) is 7.15. The monoisotopic (exact) mass is 287 g/mol. The first-order valence-corrected chi connectivity index (χ1v) is 7.15. The third-order valence-corrected chi connectivity index (χ3v) is 3.02. The van der Waals surface area contributed by atoms with Crippen molar-refractivity contribution in [1.82, 2.24) is 0 Å². The summed E-state index contributed by atoms with van der Waals surface area (Å²) in [5.74, 6) is 1.85. The number of aromatic hydroxyl groups is 1. The Labute approximate surface area is 125 Å². The molecule has 0 heterocycles. The summed E-state index contributed by atoms with van der Waals surface area (Å²) in [5.41, 5.74) is 1.69. The molecule has 0 aliphatic rings. The second-order valence-corrected chi connectivity index (χ2v) is 4.51. The molecule has 2 aromatic carbocycles. The standard InChI is InChI=1S/C17H21NO3/c1-3-20-14-9-10-17(21-4-2)15(11-14)18-12-13-7-5-6-8-16(13)19/h5-11,18-19H,3-4,12H2,1-2H3. The summed E-state index contributed by atoms with van der Waals surface area (Å²) >= 11 is 0. The van der Waals surface area contributed by atoms with E-state index in [4.69, 9.17) is 9.47 Å². The molecule has 0 bridgehead atoms. The number of hydrogen-bond donors (Lipinski definition) is 2. The van der Waals surface area contributed by atoms with E-state index in [0.717, 1.165) is 22.7 Å². The molecule has 2 rings (SSSR count). The van der Waals surface area contributed by atoms with E-state index in [-0.39, 0.29) is 5.75 Å². The highest BCUT2D eigenvalue weighted by Crippen LogP contribution is 2.30. The van der Waals surface area contributed by atoms with E-state index in [1.165, 1.54) is 0 Å². The molecule has 4 heteroatoms. The topological polar surface area (TPSA) is 50.7 Å². The minimum atomic E-state index is 0.281. The molecular formula is C17H21NO3. The van der Waals surface area contributed by atoms with Gasteiger partial charge in [0.2, 0.25) is 0 Å². The van der Waals surface area contributed by atoms with Crippen LogP contribution in [0.25, 0.3) is 0 Å². The maximum absolute atomic E-state index is 9.80. The van der Waals surface area contributed by atoms with Gasteiger partial charge in [-0.15, -0.1) is 0 Å². The summed E-state index contributed by atoms with van der Waals surface area (Å²) in [6.45, 7) is 5.63. The summed E-state index contributed by atoms with van der Waals surface area (Å²) in [7, 11) is 0. The Morgan fingerprint density at radius 2 is 1.76 bits per heavy atom. The van der Waals surface area contributed by atoms with Crippen molar-refractivity contribution in [3.63, 3.8) is 0 Å². The first kappa shape index (κ1) is 15.0. The second kappa shape index (κ2) is 7.43. The van der Waals surface area contributed by atoms with Crippen LogP contribution in [0.15, 0.2) is 42.5 Å². The highest BCUT2D eigenvalue weighted by molar-refractivity contribution is 5.60. The van der Waals surface area contributed by atoms with Crippen LogP contribution in [0.3, 0.4) is 0 Å². The van der Waals surface area contributed by atoms with Gasteiger partial charge in [0.25, 0.3) is 0 Å². The van der Waals surface area contributed by atoms with E-state index >= 15 is 0 Å². The lowest BCUT2D eigenvalue weighted by atomic mass is 10.2. The lowest BCUT2D eigenvalue weighted by molar-refractivity contribution is 0.332. The Balaban J connectivity index is 2.16. The van der Waals surface area contributed by atoms with E-state index < -0.39 is 0 Å². The molecular weight excluding hydrogens is 266 g/mol. The predicted molar refractivity (Wildman–Crippen MR) is 84.2 cm³/mol. The smallest absolute Gasteiger partial charge is 0.142 e. The van der Waals surface area contributed by atoms with Crippen LogP contribution in [-0.2, 0) is 6.54 Å². The van der Waals surface area contributed by atoms with Gasteiger partial charge in [-0.1, -0.05) is 18.2 Å². The van der Waals surface area contributed by atoms with E-state index in [9.17, 15) is 5.11 Å². The maximum atomic E-state index is 9.80. The van der Waals surface area contributed by atoms with Crippen molar-refractivity contribution in [2.24, 2.45) is 0 Å². The number of para-hydroxylation sites is 1. The minimum Gasteiger partial charge on any atom is -0.508 e. The lowest BCUT2D eigenvalue weighted by Crippen LogP contribution is -2.04. The van der Waals surface area contributed by atoms with Gasteiger partial charge in [-0.05, 0) is 32.0 Å². The van der Waals surface area contributed by atoms with Crippen LogP contribution in [0, 0.1) is 0 Å². The molecule has 21 heavy (non-hydrogen) atoms. The number of phenols is 1. The minimum absolute atomic E-state index is 0.281. The van der Waals surface area contributed by atoms with Crippen LogP contribution in [0.2, 0.25) is 0 Å². The fraction of sp³-hybridized carbons (Fsp3) is 0.294. The first-order chi connectivity index (χ1) is 10.2. The Bertz CT molecular complexity index is 584. The van der Waals surface area contributed by atoms with Crippen LogP contribution in [0.5, 0.6) is 17.2 Å². The zero-order chi connectivity index (χ0) is 15.1. The quantitative estimate of drug-likeness (QED) is 0.813. The van der Waals surface area contributed by atoms with Gasteiger partial charge in [0.1, 0.15) is 17.2 Å². The van der Waals surface area contributed by atoms with Gasteiger partial charge in [-0.3, -0.25) is 0 Å². The van der Waals surface area contributed by atoms with Crippen LogP contribution in [0.4, 0.5) is 5.69 Å². The molecule has 0 saturated carbocycles. The average Bonchev–Trinajstić information content (AvgIpc) is 2.49. The lowest BCUT2D eigenvalue weighted by Gasteiger charge is -2.14. The van der Waals surface area contributed by atoms with Gasteiger partial charge in [0.15, 0.2) is 0 Å². The molecule has 2 aromatic rings. The van der Waals surface area contributed by atoms with Crippen molar-refractivity contribution in [3.05, 3.63) is 48.0 Å². The van der Waals surface area contributed by atoms with Gasteiger partial charge in [0, 0.05) is 18.2 Å². The number of ether oxygens (including phenoxy) is 2. The molecule has 0 atom stereocenters. The van der Waals surface area contributed by atoms with E-state index in [0.29, 0.717) is 19.8 Å². The normalized spacial score (nSPS) is 10.2. The van der Waals surface area contributed by atoms with Crippen LogP contribution < -0.4 is 14.8 Å². The van der Waals surface area contributed by atoms with Gasteiger partial charge >= 0.3 is 0 Å². The molecule has 0 aliphatic carbocycles. The molecule has 0 unspecified atom stereocenters. The Hall–Kier alpha value is -2.36. The van der Waals surface area contributed by atoms with Crippen molar-refractivity contribution in [1.29, 1.82) is 0 Å². The van der Waals surface area contributed by atoms with Crippen molar-refractivity contribution < 1.29 is 14.6 Å². The Morgan fingerprint density at radius 1 is 1.00 bits per heavy atom. The Morgan fingerprint density at radius 3 is 2.48 bits per heavy atom. The summed E-state index contributed by atoms with van der Waals surface area (Å²) in [4.78, 5) is 0. The van der Waals surface area contributed by atoms with Gasteiger partial charge in [-0.2, -0.15) is 0 Å². The van der Waals surface area contributed by atoms with Crippen molar-refractivity contribution >= 4 is 5.69 Å². The number of anilines is 1. The van der Waals surface area contributed by atoms with Crippen molar-refractivity contribution in [2.75, 3.05) is 18.5 Å². The maximum Gasteiger partial charge on any atom is 0.142 e. The number of benzene rings is 2. The zero-order valence-corrected chi connectivity index (χ0v) is 12.4. The largest absolute Gasteiger partial charge is 0.508 e. The van der Waals surface area contributed by atoms with Crippen LogP contribution in [0.1, 0.15) is 19.4 Å². The second-order valence-electron chi connectivity index (χ2n) is 4.51. The SMILES string of the molecule is CCOc1ccc(OCC)c(NCc2ccccc2O)c1. The highest BCUT2D eigenvalue weighted by Gasteiger charge is 2.07. The number of phenolic OH excluding ortho intramolecular Hbond substituents is 1. The fourth-order valence-electron chi connectivity index (χ4n) is 2.04. The van der Waals surface area contributed by atoms with Crippen LogP contribution in [-0.4, -0.2) is 18.3 Å². The van der Waals surface area contributed by atoms with Gasteiger partial charge in [-0.25, -0.2) is 0 Å². The molecule has 0 aromatic heterocycles. The van der Waals surface area contributed by atoms with Crippen molar-refractivity contribution in [3.8, 4) is 17.2 Å². The number of nitrogens with one attached hydrogen (secondary N) is 1. The summed E-state index contributed by atoms with van der Waals surface area (Å²) in [6.07, 6.45) is 0. The van der Waals surface area contributed by atoms with E-state index in [1.54, 1.807) is 12.1 Å². The molecule has 0 spiro atoms. The predicted octanol–water partition coefficient (Wildman–Crippen LogP) is 3.80. The number of hydrogen-bond acceptors (Lipinski definition) is 4. The molecule has 4 nitrogen and oxygen atoms in total. The summed E-state index contributed by atoms with van der Waals surface area (Å²) < 4.78 is 11.1. The Kier molecular flexibility index (Phi) is 5.32. The average molecular weight is 287 g/mol. The molecule has 0 aliphatic heterocycles. The third-order valence-electron chi connectivity index (χ3n) is 3.02. The van der Waals surface area contributed by atoms with Gasteiger partial charge < -0.3 is 19.9 Å². The van der Waals surface area contributed by atoms with Crippen LogP contribution >= 0.6 is 0 Å². The van der Waals surface area contributed by atoms with Crippen molar-refractivity contribution in [2.45, 2.75) is 20.4 Å². The summed E-state index contributed by atoms with van der Waals surface area (Å²) in [5, 5.41) is 13.1. The molecule has 0 saturated heterocycles. The fourth-order valence-corrected chi connectivity index (χ4v) is 2.04. The van der Waals surface area contributed by atoms with E-state index in [2.05, 4.69) is 5.32 Å². The molecule has 0 fully saturated rings. The molecule has 2 N–H and O–H groups in total. The zero-order valence-electron chi connectivity index (χ0n) is 12.4. The molecule has 0 radical (unpaired) electrons. The van der Waals surface area contributed by atoms with E-state index in [1.807, 2.05) is 44.2 Å². The molecule has 0 amide bonds. The number of rotatable bonds is 7.